The van der Waals surface area contributed by atoms with Gasteiger partial charge in [-0.15, -0.1) is 6.58 Å². The normalized spacial score (nSPS) is 34.9. The first kappa shape index (κ1) is 8.05. The van der Waals surface area contributed by atoms with Gasteiger partial charge in [-0.3, -0.25) is 0 Å². The Labute approximate surface area is 66.2 Å². The minimum atomic E-state index is -0.250. The minimum absolute atomic E-state index is 0.101. The zero-order valence-corrected chi connectivity index (χ0v) is 6.60. The first-order valence-corrected chi connectivity index (χ1v) is 3.90. The summed E-state index contributed by atoms with van der Waals surface area (Å²) in [4.78, 5) is 0. The lowest BCUT2D eigenvalue weighted by atomic mass is 10.3. The third kappa shape index (κ3) is 1.97. The summed E-state index contributed by atoms with van der Waals surface area (Å²) in [5.41, 5.74) is -0.250. The number of nitrogens with one attached hydrogen (secondary N) is 1. The highest BCUT2D eigenvalue weighted by atomic mass is 35.5. The Morgan fingerprint density at radius 1 is 1.70 bits per heavy atom. The summed E-state index contributed by atoms with van der Waals surface area (Å²) in [7, 11) is 0. The Hall–Kier alpha value is -0.0500. The van der Waals surface area contributed by atoms with Crippen molar-refractivity contribution in [2.45, 2.75) is 18.0 Å². The van der Waals surface area contributed by atoms with Crippen LogP contribution >= 0.6 is 11.6 Å². The summed E-state index contributed by atoms with van der Waals surface area (Å²) in [6, 6.07) is 0.101. The number of rotatable bonds is 1. The molecule has 0 aromatic heterocycles. The highest BCUT2D eigenvalue weighted by molar-refractivity contribution is 6.20. The summed E-state index contributed by atoms with van der Waals surface area (Å²) >= 11 is 5.83. The lowest BCUT2D eigenvalue weighted by Gasteiger charge is -2.15. The number of halogens is 1. The van der Waals surface area contributed by atoms with Crippen LogP contribution < -0.4 is 5.32 Å². The molecule has 0 saturated carbocycles. The summed E-state index contributed by atoms with van der Waals surface area (Å²) in [5.74, 6) is 0. The van der Waals surface area contributed by atoms with Crippen molar-refractivity contribution in [2.75, 3.05) is 13.2 Å². The van der Waals surface area contributed by atoms with Crippen LogP contribution in [0.2, 0.25) is 0 Å². The summed E-state index contributed by atoms with van der Waals surface area (Å²) in [5, 5.41) is 3.21. The molecule has 2 nitrogen and oxygen atoms in total. The molecule has 1 aliphatic rings. The molecule has 0 spiro atoms. The monoisotopic (exact) mass is 161 g/mol. The van der Waals surface area contributed by atoms with Crippen LogP contribution in [0.4, 0.5) is 0 Å². The Balaban J connectivity index is 2.43. The van der Waals surface area contributed by atoms with E-state index >= 15 is 0 Å². The van der Waals surface area contributed by atoms with Gasteiger partial charge in [0.15, 0.2) is 0 Å². The van der Waals surface area contributed by atoms with E-state index in [9.17, 15) is 0 Å². The number of hydrogen-bond acceptors (Lipinski definition) is 2. The highest BCUT2D eigenvalue weighted by Gasteiger charge is 2.17. The highest BCUT2D eigenvalue weighted by Crippen LogP contribution is 2.09. The fourth-order valence-corrected chi connectivity index (χ4v) is 1.20. The second-order valence-electron chi connectivity index (χ2n) is 2.29. The Morgan fingerprint density at radius 2 is 2.50 bits per heavy atom. The predicted molar refractivity (Wildman–Crippen MR) is 42.2 cm³/mol. The van der Waals surface area contributed by atoms with E-state index in [0.29, 0.717) is 0 Å². The molecular weight excluding hydrogens is 150 g/mol. The third-order valence-electron chi connectivity index (χ3n) is 1.51. The van der Waals surface area contributed by atoms with E-state index in [0.717, 1.165) is 19.6 Å². The van der Waals surface area contributed by atoms with Gasteiger partial charge < -0.3 is 10.1 Å². The second-order valence-corrected chi connectivity index (χ2v) is 2.72. The molecule has 10 heavy (non-hydrogen) atoms. The van der Waals surface area contributed by atoms with E-state index in [1.807, 2.05) is 0 Å². The average Bonchev–Trinajstić information content (AvgIpc) is 2.13. The van der Waals surface area contributed by atoms with Crippen LogP contribution in [-0.2, 0) is 4.74 Å². The Morgan fingerprint density at radius 3 is 3.20 bits per heavy atom. The average molecular weight is 162 g/mol. The van der Waals surface area contributed by atoms with Crippen LogP contribution in [0.25, 0.3) is 0 Å². The van der Waals surface area contributed by atoms with Crippen molar-refractivity contribution >= 4 is 11.6 Å². The van der Waals surface area contributed by atoms with Crippen LogP contribution in [-0.4, -0.2) is 24.8 Å². The van der Waals surface area contributed by atoms with E-state index in [2.05, 4.69) is 11.9 Å². The predicted octanol–water partition coefficient (Wildman–Crippen LogP) is 1.12. The topological polar surface area (TPSA) is 21.3 Å². The molecular formula is C7H12ClNO. The van der Waals surface area contributed by atoms with Crippen molar-refractivity contribution in [1.29, 1.82) is 0 Å². The van der Waals surface area contributed by atoms with Crippen molar-refractivity contribution in [3.05, 3.63) is 12.7 Å². The molecule has 1 heterocycles. The van der Waals surface area contributed by atoms with Gasteiger partial charge in [0.2, 0.25) is 0 Å². The minimum Gasteiger partial charge on any atom is -0.360 e. The molecule has 0 amide bonds. The van der Waals surface area contributed by atoms with Gasteiger partial charge in [0.05, 0.1) is 6.04 Å². The van der Waals surface area contributed by atoms with Gasteiger partial charge >= 0.3 is 0 Å². The molecule has 0 unspecified atom stereocenters. The molecule has 2 atom stereocenters. The molecule has 0 aromatic rings. The zero-order chi connectivity index (χ0) is 7.40. The van der Waals surface area contributed by atoms with Crippen LogP contribution in [0.3, 0.4) is 0 Å². The molecule has 58 valence electrons. The molecule has 0 radical (unpaired) electrons. The maximum Gasteiger partial charge on any atom is 0.149 e. The van der Waals surface area contributed by atoms with E-state index in [1.54, 1.807) is 6.08 Å². The van der Waals surface area contributed by atoms with Crippen molar-refractivity contribution in [3.63, 3.8) is 0 Å². The number of ether oxygens (including phenoxy) is 1. The molecule has 1 aliphatic heterocycles. The summed E-state index contributed by atoms with van der Waals surface area (Å²) < 4.78 is 5.24. The maximum atomic E-state index is 5.83. The van der Waals surface area contributed by atoms with Gasteiger partial charge in [0, 0.05) is 6.61 Å². The lowest BCUT2D eigenvalue weighted by molar-refractivity contribution is 0.109. The molecule has 0 aromatic carbocycles. The van der Waals surface area contributed by atoms with Crippen LogP contribution in [0.5, 0.6) is 0 Å². The van der Waals surface area contributed by atoms with E-state index in [-0.39, 0.29) is 11.6 Å². The molecule has 1 N–H and O–H groups in total. The van der Waals surface area contributed by atoms with Gasteiger partial charge in [0.1, 0.15) is 5.56 Å². The summed E-state index contributed by atoms with van der Waals surface area (Å²) in [6.45, 7) is 5.35. The van der Waals surface area contributed by atoms with E-state index in [1.165, 1.54) is 0 Å². The first-order valence-electron chi connectivity index (χ1n) is 3.46. The molecule has 3 heteroatoms. The van der Waals surface area contributed by atoms with Crippen LogP contribution in [0, 0.1) is 0 Å². The quantitative estimate of drug-likeness (QED) is 0.460. The fourth-order valence-electron chi connectivity index (χ4n) is 0.923. The lowest BCUT2D eigenvalue weighted by Crippen LogP contribution is -2.34. The number of alkyl halides is 1. The zero-order valence-electron chi connectivity index (χ0n) is 5.85. The largest absolute Gasteiger partial charge is 0.360 e. The number of hydrogen-bond donors (Lipinski definition) is 1. The van der Waals surface area contributed by atoms with Gasteiger partial charge in [-0.25, -0.2) is 0 Å². The van der Waals surface area contributed by atoms with Crippen molar-refractivity contribution in [1.82, 2.24) is 5.32 Å². The van der Waals surface area contributed by atoms with Crippen molar-refractivity contribution in [2.24, 2.45) is 0 Å². The molecule has 1 rings (SSSR count). The molecule has 1 saturated heterocycles. The van der Waals surface area contributed by atoms with Gasteiger partial charge in [-0.1, -0.05) is 17.7 Å². The van der Waals surface area contributed by atoms with Crippen LogP contribution in [0.15, 0.2) is 12.7 Å². The summed E-state index contributed by atoms with van der Waals surface area (Å²) in [6.07, 6.45) is 2.80. The van der Waals surface area contributed by atoms with Gasteiger partial charge in [-0.2, -0.15) is 0 Å². The SMILES string of the molecule is C=C[C@@H]1NCCCO[C@H]1Cl. The third-order valence-corrected chi connectivity index (χ3v) is 1.91. The fraction of sp³-hybridized carbons (Fsp3) is 0.714. The first-order chi connectivity index (χ1) is 4.84. The standard InChI is InChI=1S/C7H12ClNO/c1-2-6-7(8)10-5-3-4-9-6/h2,6-7,9H,1,3-5H2/t6-,7+/m0/s1. The Bertz CT molecular complexity index is 118. The maximum absolute atomic E-state index is 5.83. The van der Waals surface area contributed by atoms with Gasteiger partial charge in [-0.05, 0) is 13.0 Å². The van der Waals surface area contributed by atoms with E-state index in [4.69, 9.17) is 16.3 Å². The molecule has 1 fully saturated rings. The molecule has 0 bridgehead atoms. The molecule has 0 aliphatic carbocycles. The van der Waals surface area contributed by atoms with Crippen molar-refractivity contribution < 1.29 is 4.74 Å². The van der Waals surface area contributed by atoms with Gasteiger partial charge in [0.25, 0.3) is 0 Å². The van der Waals surface area contributed by atoms with E-state index < -0.39 is 0 Å². The smallest absolute Gasteiger partial charge is 0.149 e. The van der Waals surface area contributed by atoms with Crippen molar-refractivity contribution in [3.8, 4) is 0 Å². The second kappa shape index (κ2) is 3.96. The van der Waals surface area contributed by atoms with Crippen LogP contribution in [0.1, 0.15) is 6.42 Å². The Kier molecular flexibility index (Phi) is 3.19.